The van der Waals surface area contributed by atoms with Crippen LogP contribution < -0.4 is 11.2 Å². The average Bonchev–Trinajstić information content (AvgIpc) is 2.97. The SMILES string of the molecule is Cc1ccc(NC(=O)CN(C)C(=O)[C@@H](C)Sc2nnc(C(F)(F)F)n2N)cc1. The van der Waals surface area contributed by atoms with Crippen LogP contribution in [0.2, 0.25) is 0 Å². The number of rotatable bonds is 6. The van der Waals surface area contributed by atoms with Gasteiger partial charge in [0.05, 0.1) is 11.8 Å². The Morgan fingerprint density at radius 1 is 1.29 bits per heavy atom. The minimum atomic E-state index is -4.75. The number of anilines is 1. The maximum Gasteiger partial charge on any atom is 0.453 e. The van der Waals surface area contributed by atoms with Crippen LogP contribution in [0.4, 0.5) is 18.9 Å². The normalized spacial score (nSPS) is 12.5. The van der Waals surface area contributed by atoms with Crippen molar-refractivity contribution in [1.29, 1.82) is 0 Å². The number of carbonyl (C=O) groups excluding carboxylic acids is 2. The maximum absolute atomic E-state index is 12.7. The maximum atomic E-state index is 12.7. The Labute approximate surface area is 163 Å². The zero-order chi connectivity index (χ0) is 21.1. The second-order valence-electron chi connectivity index (χ2n) is 6.04. The zero-order valence-electron chi connectivity index (χ0n) is 15.3. The largest absolute Gasteiger partial charge is 0.453 e. The first-order chi connectivity index (χ1) is 13.0. The van der Waals surface area contributed by atoms with Gasteiger partial charge in [-0.15, -0.1) is 10.2 Å². The number of nitrogens with zero attached hydrogens (tertiary/aromatic N) is 4. The summed E-state index contributed by atoms with van der Waals surface area (Å²) in [6, 6.07) is 7.14. The summed E-state index contributed by atoms with van der Waals surface area (Å²) >= 11 is 0.718. The number of aryl methyl sites for hydroxylation is 1. The van der Waals surface area contributed by atoms with Gasteiger partial charge in [-0.1, -0.05) is 29.5 Å². The van der Waals surface area contributed by atoms with Crippen LogP contribution in [0.15, 0.2) is 29.4 Å². The first-order valence-corrected chi connectivity index (χ1v) is 8.93. The Hall–Kier alpha value is -2.76. The molecule has 1 heterocycles. The summed E-state index contributed by atoms with van der Waals surface area (Å²) in [5.74, 6) is 3.12. The van der Waals surface area contributed by atoms with Gasteiger partial charge in [0.15, 0.2) is 0 Å². The molecule has 0 aliphatic rings. The zero-order valence-corrected chi connectivity index (χ0v) is 16.1. The van der Waals surface area contributed by atoms with Crippen LogP contribution in [0.5, 0.6) is 0 Å². The lowest BCUT2D eigenvalue weighted by molar-refractivity contribution is -0.146. The molecular formula is C16H19F3N6O2S. The molecule has 28 heavy (non-hydrogen) atoms. The lowest BCUT2D eigenvalue weighted by Gasteiger charge is -2.20. The van der Waals surface area contributed by atoms with Crippen molar-refractivity contribution in [3.8, 4) is 0 Å². The molecule has 0 saturated carbocycles. The number of nitrogens with one attached hydrogen (secondary N) is 1. The van der Waals surface area contributed by atoms with E-state index in [9.17, 15) is 22.8 Å². The van der Waals surface area contributed by atoms with Crippen LogP contribution >= 0.6 is 11.8 Å². The van der Waals surface area contributed by atoms with Crippen molar-refractivity contribution in [3.05, 3.63) is 35.7 Å². The third kappa shape index (κ3) is 5.38. The Balaban J connectivity index is 1.94. The van der Waals surface area contributed by atoms with Crippen molar-refractivity contribution >= 4 is 29.3 Å². The predicted molar refractivity (Wildman–Crippen MR) is 97.9 cm³/mol. The number of likely N-dealkylation sites (N-methyl/N-ethyl adjacent to an activating group) is 1. The lowest BCUT2D eigenvalue weighted by Crippen LogP contribution is -2.39. The van der Waals surface area contributed by atoms with E-state index in [2.05, 4.69) is 15.5 Å². The molecule has 2 aromatic rings. The van der Waals surface area contributed by atoms with E-state index in [1.165, 1.54) is 18.9 Å². The quantitative estimate of drug-likeness (QED) is 0.550. The van der Waals surface area contributed by atoms with Crippen molar-refractivity contribution in [3.63, 3.8) is 0 Å². The van der Waals surface area contributed by atoms with Crippen molar-refractivity contribution < 1.29 is 22.8 Å². The molecule has 0 fully saturated rings. The molecule has 3 N–H and O–H groups in total. The highest BCUT2D eigenvalue weighted by molar-refractivity contribution is 8.00. The second kappa shape index (κ2) is 8.50. The van der Waals surface area contributed by atoms with Gasteiger partial charge in [-0.25, -0.2) is 4.68 Å². The molecule has 1 aromatic heterocycles. The summed E-state index contributed by atoms with van der Waals surface area (Å²) in [5, 5.41) is 7.94. The van der Waals surface area contributed by atoms with Gasteiger partial charge in [0, 0.05) is 12.7 Å². The summed E-state index contributed by atoms with van der Waals surface area (Å²) in [4.78, 5) is 25.6. The Morgan fingerprint density at radius 3 is 2.43 bits per heavy atom. The molecule has 152 valence electrons. The summed E-state index contributed by atoms with van der Waals surface area (Å²) < 4.78 is 38.4. The number of nitrogen functional groups attached to an aromatic ring is 1. The highest BCUT2D eigenvalue weighted by Gasteiger charge is 2.38. The van der Waals surface area contributed by atoms with Gasteiger partial charge in [-0.3, -0.25) is 9.59 Å². The first kappa shape index (κ1) is 21.5. The number of thioether (sulfide) groups is 1. The topological polar surface area (TPSA) is 106 Å². The van der Waals surface area contributed by atoms with Gasteiger partial charge in [0.25, 0.3) is 5.82 Å². The molecule has 0 bridgehead atoms. The number of aromatic nitrogens is 3. The third-order valence-electron chi connectivity index (χ3n) is 3.64. The second-order valence-corrected chi connectivity index (χ2v) is 7.35. The number of halogens is 3. The molecule has 0 spiro atoms. The van der Waals surface area contributed by atoms with Crippen LogP contribution in [0.1, 0.15) is 18.3 Å². The van der Waals surface area contributed by atoms with E-state index in [0.717, 1.165) is 17.3 Å². The number of hydrogen-bond acceptors (Lipinski definition) is 6. The number of benzene rings is 1. The molecule has 8 nitrogen and oxygen atoms in total. The van der Waals surface area contributed by atoms with Gasteiger partial charge >= 0.3 is 6.18 Å². The molecule has 12 heteroatoms. The average molecular weight is 416 g/mol. The number of amides is 2. The summed E-state index contributed by atoms with van der Waals surface area (Å²) in [6.07, 6.45) is -4.75. The van der Waals surface area contributed by atoms with Gasteiger partial charge in [-0.05, 0) is 26.0 Å². The Kier molecular flexibility index (Phi) is 6.54. The standard InChI is InChI=1S/C16H19F3N6O2S/c1-9-4-6-11(7-5-9)21-12(26)8-24(3)13(27)10(2)28-15-23-22-14(25(15)20)16(17,18)19/h4-7,10H,8,20H2,1-3H3,(H,21,26)/t10-/m1/s1. The van der Waals surface area contributed by atoms with Crippen molar-refractivity contribution in [2.24, 2.45) is 0 Å². The fourth-order valence-electron chi connectivity index (χ4n) is 2.20. The minimum absolute atomic E-state index is 0.222. The Morgan fingerprint density at radius 2 is 1.89 bits per heavy atom. The Bertz CT molecular complexity index is 853. The minimum Gasteiger partial charge on any atom is -0.335 e. The van der Waals surface area contributed by atoms with Gasteiger partial charge in [-0.2, -0.15) is 13.2 Å². The van der Waals surface area contributed by atoms with Crippen LogP contribution in [0.3, 0.4) is 0 Å². The number of nitrogens with two attached hydrogens (primary N) is 1. The highest BCUT2D eigenvalue weighted by atomic mass is 32.2. The number of carbonyl (C=O) groups is 2. The van der Waals surface area contributed by atoms with E-state index in [1.54, 1.807) is 12.1 Å². The molecule has 0 unspecified atom stereocenters. The molecular weight excluding hydrogens is 397 g/mol. The summed E-state index contributed by atoms with van der Waals surface area (Å²) in [7, 11) is 1.42. The number of alkyl halides is 3. The van der Waals surface area contributed by atoms with Gasteiger partial charge < -0.3 is 16.1 Å². The summed E-state index contributed by atoms with van der Waals surface area (Å²) in [6.45, 7) is 3.17. The van der Waals surface area contributed by atoms with Crippen LogP contribution in [0, 0.1) is 6.92 Å². The summed E-state index contributed by atoms with van der Waals surface area (Å²) in [5.41, 5.74) is 1.63. The third-order valence-corrected chi connectivity index (χ3v) is 4.68. The molecule has 2 amide bonds. The fraction of sp³-hybridized carbons (Fsp3) is 0.375. The van der Waals surface area contributed by atoms with Crippen molar-refractivity contribution in [2.45, 2.75) is 30.4 Å². The van der Waals surface area contributed by atoms with Crippen molar-refractivity contribution in [2.75, 3.05) is 24.8 Å². The lowest BCUT2D eigenvalue weighted by atomic mass is 10.2. The van der Waals surface area contributed by atoms with Gasteiger partial charge in [0.2, 0.25) is 17.0 Å². The van der Waals surface area contributed by atoms with Crippen molar-refractivity contribution in [1.82, 2.24) is 19.8 Å². The van der Waals surface area contributed by atoms with E-state index in [-0.39, 0.29) is 11.7 Å². The molecule has 0 radical (unpaired) electrons. The van der Waals surface area contributed by atoms with E-state index < -0.39 is 29.1 Å². The van der Waals surface area contributed by atoms with Crippen LogP contribution in [-0.4, -0.2) is 50.4 Å². The van der Waals surface area contributed by atoms with E-state index in [1.807, 2.05) is 19.1 Å². The molecule has 2 rings (SSSR count). The molecule has 0 saturated heterocycles. The smallest absolute Gasteiger partial charge is 0.335 e. The van der Waals surface area contributed by atoms with Crippen LogP contribution in [-0.2, 0) is 15.8 Å². The highest BCUT2D eigenvalue weighted by Crippen LogP contribution is 2.30. The van der Waals surface area contributed by atoms with Crippen LogP contribution in [0.25, 0.3) is 0 Å². The predicted octanol–water partition coefficient (Wildman–Crippen LogP) is 1.90. The molecule has 0 aliphatic carbocycles. The van der Waals surface area contributed by atoms with E-state index >= 15 is 0 Å². The van der Waals surface area contributed by atoms with Gasteiger partial charge in [0.1, 0.15) is 0 Å². The fourth-order valence-corrected chi connectivity index (χ4v) is 3.09. The first-order valence-electron chi connectivity index (χ1n) is 8.05. The molecule has 1 aromatic carbocycles. The van der Waals surface area contributed by atoms with E-state index in [4.69, 9.17) is 5.84 Å². The van der Waals surface area contributed by atoms with E-state index in [0.29, 0.717) is 10.4 Å². The number of hydrogen-bond donors (Lipinski definition) is 2. The molecule has 1 atom stereocenters. The molecule has 0 aliphatic heterocycles. The monoisotopic (exact) mass is 416 g/mol.